The van der Waals surface area contributed by atoms with Crippen LogP contribution in [0.15, 0.2) is 0 Å². The maximum absolute atomic E-state index is 11.5. The van der Waals surface area contributed by atoms with Crippen molar-refractivity contribution in [2.24, 2.45) is 35.5 Å². The molecule has 2 nitrogen and oxygen atoms in total. The molecule has 0 amide bonds. The second-order valence-corrected chi connectivity index (χ2v) is 5.13. The van der Waals surface area contributed by atoms with Gasteiger partial charge in [0.1, 0.15) is 12.1 Å². The summed E-state index contributed by atoms with van der Waals surface area (Å²) in [7, 11) is 0. The van der Waals surface area contributed by atoms with Crippen LogP contribution in [0, 0.1) is 35.5 Å². The smallest absolute Gasteiger partial charge is 0.133 e. The summed E-state index contributed by atoms with van der Waals surface area (Å²) in [5.41, 5.74) is 0. The Labute approximate surface area is 85.1 Å². The number of hydrogen-bond acceptors (Lipinski definition) is 2. The van der Waals surface area contributed by atoms with Crippen LogP contribution in [-0.4, -0.2) is 12.1 Å². The van der Waals surface area contributed by atoms with Crippen molar-refractivity contribution in [2.45, 2.75) is 27.2 Å². The molecule has 0 aromatic carbocycles. The standard InChI is InChI=1S/C12H18O2/c1-6-7(2)10-4-9(6)11(5-13)12(10)8(3)14/h5-7,9-12H,4H2,1-3H3. The van der Waals surface area contributed by atoms with Gasteiger partial charge in [-0.3, -0.25) is 4.79 Å². The molecular weight excluding hydrogens is 176 g/mol. The zero-order valence-electron chi connectivity index (χ0n) is 9.07. The van der Waals surface area contributed by atoms with E-state index in [2.05, 4.69) is 13.8 Å². The van der Waals surface area contributed by atoms with Crippen LogP contribution in [0.4, 0.5) is 0 Å². The summed E-state index contributed by atoms with van der Waals surface area (Å²) >= 11 is 0. The minimum atomic E-state index is 0.0173. The third-order valence-electron chi connectivity index (χ3n) is 4.72. The van der Waals surface area contributed by atoms with Gasteiger partial charge in [-0.05, 0) is 37.0 Å². The van der Waals surface area contributed by atoms with E-state index < -0.39 is 0 Å². The first-order chi connectivity index (χ1) is 6.57. The lowest BCUT2D eigenvalue weighted by Crippen LogP contribution is -2.36. The summed E-state index contributed by atoms with van der Waals surface area (Å²) in [6.07, 6.45) is 2.12. The first kappa shape index (κ1) is 9.88. The molecule has 2 fully saturated rings. The molecule has 2 saturated carbocycles. The molecule has 0 spiro atoms. The Morgan fingerprint density at radius 1 is 1.21 bits per heavy atom. The Hall–Kier alpha value is -0.660. The van der Waals surface area contributed by atoms with Gasteiger partial charge in [0, 0.05) is 11.8 Å². The van der Waals surface area contributed by atoms with Crippen molar-refractivity contribution < 1.29 is 9.59 Å². The lowest BCUT2D eigenvalue weighted by Gasteiger charge is -2.34. The summed E-state index contributed by atoms with van der Waals surface area (Å²) in [6, 6.07) is 0. The second-order valence-electron chi connectivity index (χ2n) is 5.13. The molecule has 0 aromatic rings. The Bertz CT molecular complexity index is 271. The molecule has 0 radical (unpaired) electrons. The highest BCUT2D eigenvalue weighted by Gasteiger charge is 2.56. The van der Waals surface area contributed by atoms with Gasteiger partial charge in [-0.1, -0.05) is 13.8 Å². The topological polar surface area (TPSA) is 34.1 Å². The molecule has 6 atom stereocenters. The first-order valence-corrected chi connectivity index (χ1v) is 5.53. The molecule has 0 N–H and O–H groups in total. The van der Waals surface area contributed by atoms with Crippen LogP contribution in [0.2, 0.25) is 0 Å². The molecule has 78 valence electrons. The largest absolute Gasteiger partial charge is 0.303 e. The molecule has 2 aliphatic rings. The summed E-state index contributed by atoms with van der Waals surface area (Å²) in [5, 5.41) is 0. The van der Waals surface area contributed by atoms with E-state index in [9.17, 15) is 9.59 Å². The zero-order chi connectivity index (χ0) is 10.5. The van der Waals surface area contributed by atoms with E-state index in [1.165, 1.54) is 0 Å². The fraction of sp³-hybridized carbons (Fsp3) is 0.833. The average molecular weight is 194 g/mol. The molecule has 6 unspecified atom stereocenters. The van der Waals surface area contributed by atoms with Crippen molar-refractivity contribution in [3.63, 3.8) is 0 Å². The molecule has 0 aliphatic heterocycles. The fourth-order valence-electron chi connectivity index (χ4n) is 3.81. The van der Waals surface area contributed by atoms with Crippen molar-refractivity contribution in [1.82, 2.24) is 0 Å². The number of rotatable bonds is 2. The Morgan fingerprint density at radius 2 is 1.79 bits per heavy atom. The maximum Gasteiger partial charge on any atom is 0.133 e. The third kappa shape index (κ3) is 1.09. The molecular formula is C12H18O2. The third-order valence-corrected chi connectivity index (χ3v) is 4.72. The number of hydrogen-bond donors (Lipinski definition) is 0. The van der Waals surface area contributed by atoms with Gasteiger partial charge < -0.3 is 4.79 Å². The molecule has 2 bridgehead atoms. The van der Waals surface area contributed by atoms with Crippen LogP contribution in [-0.2, 0) is 9.59 Å². The highest BCUT2D eigenvalue weighted by Crippen LogP contribution is 2.57. The van der Waals surface area contributed by atoms with Gasteiger partial charge in [-0.15, -0.1) is 0 Å². The van der Waals surface area contributed by atoms with E-state index >= 15 is 0 Å². The normalized spacial score (nSPS) is 50.8. The van der Waals surface area contributed by atoms with E-state index in [0.717, 1.165) is 12.7 Å². The van der Waals surface area contributed by atoms with Gasteiger partial charge in [0.15, 0.2) is 0 Å². The lowest BCUT2D eigenvalue weighted by molar-refractivity contribution is -0.129. The van der Waals surface area contributed by atoms with E-state index in [1.54, 1.807) is 6.92 Å². The summed E-state index contributed by atoms with van der Waals surface area (Å²) < 4.78 is 0. The minimum Gasteiger partial charge on any atom is -0.303 e. The van der Waals surface area contributed by atoms with Gasteiger partial charge in [0.2, 0.25) is 0 Å². The van der Waals surface area contributed by atoms with Gasteiger partial charge in [0.25, 0.3) is 0 Å². The Kier molecular flexibility index (Phi) is 2.24. The van der Waals surface area contributed by atoms with Gasteiger partial charge in [0.05, 0.1) is 0 Å². The molecule has 14 heavy (non-hydrogen) atoms. The van der Waals surface area contributed by atoms with Crippen molar-refractivity contribution in [2.75, 3.05) is 0 Å². The quantitative estimate of drug-likeness (QED) is 0.629. The maximum atomic E-state index is 11.5. The van der Waals surface area contributed by atoms with Gasteiger partial charge in [-0.2, -0.15) is 0 Å². The Balaban J connectivity index is 2.29. The number of aldehydes is 1. The highest BCUT2D eigenvalue weighted by molar-refractivity contribution is 5.83. The van der Waals surface area contributed by atoms with Crippen LogP contribution in [0.25, 0.3) is 0 Å². The van der Waals surface area contributed by atoms with Gasteiger partial charge >= 0.3 is 0 Å². The van der Waals surface area contributed by atoms with Crippen molar-refractivity contribution in [3.05, 3.63) is 0 Å². The van der Waals surface area contributed by atoms with E-state index in [4.69, 9.17) is 0 Å². The SMILES string of the molecule is CC(=O)C1C(C=O)C2CC1C(C)C2C. The number of Topliss-reactive ketones (excluding diaryl/α,β-unsaturated/α-hetero) is 1. The van der Waals surface area contributed by atoms with E-state index in [-0.39, 0.29) is 17.6 Å². The van der Waals surface area contributed by atoms with Crippen molar-refractivity contribution >= 4 is 12.1 Å². The van der Waals surface area contributed by atoms with E-state index in [0.29, 0.717) is 23.7 Å². The number of fused-ring (bicyclic) bond motifs is 2. The minimum absolute atomic E-state index is 0.0173. The lowest BCUT2D eigenvalue weighted by atomic mass is 9.69. The van der Waals surface area contributed by atoms with Crippen LogP contribution < -0.4 is 0 Å². The predicted molar refractivity (Wildman–Crippen MR) is 53.7 cm³/mol. The monoisotopic (exact) mass is 194 g/mol. The molecule has 2 heteroatoms. The number of ketones is 1. The Morgan fingerprint density at radius 3 is 2.29 bits per heavy atom. The van der Waals surface area contributed by atoms with Crippen LogP contribution >= 0.6 is 0 Å². The van der Waals surface area contributed by atoms with Crippen LogP contribution in [0.3, 0.4) is 0 Å². The summed E-state index contributed by atoms with van der Waals surface area (Å²) in [6.45, 7) is 6.09. The van der Waals surface area contributed by atoms with Crippen molar-refractivity contribution in [1.29, 1.82) is 0 Å². The molecule has 0 heterocycles. The second kappa shape index (κ2) is 3.18. The van der Waals surface area contributed by atoms with E-state index in [1.807, 2.05) is 0 Å². The average Bonchev–Trinajstić information content (AvgIpc) is 2.64. The van der Waals surface area contributed by atoms with Crippen LogP contribution in [0.1, 0.15) is 27.2 Å². The fourth-order valence-corrected chi connectivity index (χ4v) is 3.81. The first-order valence-electron chi connectivity index (χ1n) is 5.53. The number of carbonyl (C=O) groups is 2. The predicted octanol–water partition coefficient (Wildman–Crippen LogP) is 1.93. The summed E-state index contributed by atoms with van der Waals surface area (Å²) in [5.74, 6) is 2.45. The highest BCUT2D eigenvalue weighted by atomic mass is 16.1. The van der Waals surface area contributed by atoms with Gasteiger partial charge in [-0.25, -0.2) is 0 Å². The molecule has 2 rings (SSSR count). The molecule has 2 aliphatic carbocycles. The molecule has 0 aromatic heterocycles. The number of carbonyl (C=O) groups excluding carboxylic acids is 2. The van der Waals surface area contributed by atoms with Crippen LogP contribution in [0.5, 0.6) is 0 Å². The zero-order valence-corrected chi connectivity index (χ0v) is 9.07. The summed E-state index contributed by atoms with van der Waals surface area (Å²) in [4.78, 5) is 22.5. The molecule has 0 saturated heterocycles. The van der Waals surface area contributed by atoms with Crippen molar-refractivity contribution in [3.8, 4) is 0 Å².